The molecule has 1 unspecified atom stereocenters. The Bertz CT molecular complexity index is 403. The highest BCUT2D eigenvalue weighted by molar-refractivity contribution is 5.04. The Hall–Kier alpha value is -0.940. The van der Waals surface area contributed by atoms with Crippen LogP contribution in [0, 0.1) is 5.41 Å². The highest BCUT2D eigenvalue weighted by atomic mass is 16.5. The normalized spacial score (nSPS) is 27.2. The van der Waals surface area contributed by atoms with Crippen LogP contribution in [0.15, 0.2) is 4.52 Å². The van der Waals surface area contributed by atoms with E-state index in [4.69, 9.17) is 15.0 Å². The Kier molecular flexibility index (Phi) is 3.47. The highest BCUT2D eigenvalue weighted by Gasteiger charge is 2.36. The van der Waals surface area contributed by atoms with Crippen LogP contribution in [0.5, 0.6) is 0 Å². The lowest BCUT2D eigenvalue weighted by Gasteiger charge is -2.30. The van der Waals surface area contributed by atoms with Gasteiger partial charge in [-0.05, 0) is 31.6 Å². The molecule has 1 aliphatic rings. The summed E-state index contributed by atoms with van der Waals surface area (Å²) in [6, 6.07) is -0.258. The van der Waals surface area contributed by atoms with Gasteiger partial charge in [-0.2, -0.15) is 4.98 Å². The summed E-state index contributed by atoms with van der Waals surface area (Å²) in [5.41, 5.74) is 5.60. The van der Waals surface area contributed by atoms with Crippen LogP contribution in [-0.4, -0.2) is 16.7 Å². The maximum absolute atomic E-state index is 6.12. The van der Waals surface area contributed by atoms with Crippen LogP contribution in [-0.2, 0) is 10.3 Å². The minimum absolute atomic E-state index is 0.0991. The van der Waals surface area contributed by atoms with Gasteiger partial charge < -0.3 is 15.0 Å². The first-order valence-electron chi connectivity index (χ1n) is 6.56. The summed E-state index contributed by atoms with van der Waals surface area (Å²) in [4.78, 5) is 4.44. The molecule has 0 saturated carbocycles. The smallest absolute Gasteiger partial charge is 0.244 e. The molecule has 5 heteroatoms. The molecule has 0 aliphatic carbocycles. The molecule has 0 radical (unpaired) electrons. The number of nitrogens with two attached hydrogens (primary N) is 1. The Morgan fingerprint density at radius 3 is 2.61 bits per heavy atom. The first kappa shape index (κ1) is 13.5. The van der Waals surface area contributed by atoms with Gasteiger partial charge in [-0.15, -0.1) is 0 Å². The maximum Gasteiger partial charge on any atom is 0.244 e. The van der Waals surface area contributed by atoms with E-state index in [1.54, 1.807) is 0 Å². The number of hydrogen-bond donors (Lipinski definition) is 1. The van der Waals surface area contributed by atoms with E-state index >= 15 is 0 Å². The fraction of sp³-hybridized carbons (Fsp3) is 0.846. The topological polar surface area (TPSA) is 74.2 Å². The molecule has 0 amide bonds. The zero-order valence-corrected chi connectivity index (χ0v) is 11.7. The number of ether oxygens (including phenoxy) is 1. The third-order valence-electron chi connectivity index (χ3n) is 3.58. The third kappa shape index (κ3) is 2.57. The van der Waals surface area contributed by atoms with Crippen LogP contribution < -0.4 is 5.73 Å². The van der Waals surface area contributed by atoms with Crippen molar-refractivity contribution in [1.82, 2.24) is 10.1 Å². The lowest BCUT2D eigenvalue weighted by Crippen LogP contribution is -2.32. The molecule has 2 heterocycles. The van der Waals surface area contributed by atoms with E-state index in [-0.39, 0.29) is 11.5 Å². The fourth-order valence-corrected chi connectivity index (χ4v) is 2.06. The van der Waals surface area contributed by atoms with Crippen LogP contribution >= 0.6 is 0 Å². The molecule has 2 N–H and O–H groups in total. The number of hydrogen-bond acceptors (Lipinski definition) is 5. The van der Waals surface area contributed by atoms with Crippen molar-refractivity contribution < 1.29 is 9.26 Å². The van der Waals surface area contributed by atoms with Crippen LogP contribution in [0.3, 0.4) is 0 Å². The molecule has 1 aromatic rings. The summed E-state index contributed by atoms with van der Waals surface area (Å²) in [6.45, 7) is 8.94. The molecule has 0 spiro atoms. The summed E-state index contributed by atoms with van der Waals surface area (Å²) in [5.74, 6) is 1.12. The molecule has 1 fully saturated rings. The SMILES string of the molecule is CC1(c2noc([C@H](N)C(C)(C)C)n2)CCCCO1. The number of rotatable bonds is 2. The predicted octanol–water partition coefficient (Wildman–Crippen LogP) is 2.53. The molecule has 18 heavy (non-hydrogen) atoms. The van der Waals surface area contributed by atoms with Crippen LogP contribution in [0.25, 0.3) is 0 Å². The van der Waals surface area contributed by atoms with Crippen molar-refractivity contribution in [2.75, 3.05) is 6.61 Å². The van der Waals surface area contributed by atoms with Gasteiger partial charge >= 0.3 is 0 Å². The highest BCUT2D eigenvalue weighted by Crippen LogP contribution is 2.35. The second-order valence-electron chi connectivity index (χ2n) is 6.34. The van der Waals surface area contributed by atoms with Crippen molar-refractivity contribution in [2.24, 2.45) is 11.1 Å². The quantitative estimate of drug-likeness (QED) is 0.876. The average molecular weight is 253 g/mol. The molecule has 2 atom stereocenters. The molecular formula is C13H23N3O2. The molecule has 2 rings (SSSR count). The summed E-state index contributed by atoms with van der Waals surface area (Å²) >= 11 is 0. The van der Waals surface area contributed by atoms with E-state index in [0.717, 1.165) is 25.9 Å². The zero-order valence-electron chi connectivity index (χ0n) is 11.7. The lowest BCUT2D eigenvalue weighted by molar-refractivity contribution is -0.0770. The van der Waals surface area contributed by atoms with Gasteiger partial charge in [0.05, 0.1) is 6.04 Å². The van der Waals surface area contributed by atoms with E-state index in [1.165, 1.54) is 0 Å². The summed E-state index contributed by atoms with van der Waals surface area (Å²) in [6.07, 6.45) is 3.16. The van der Waals surface area contributed by atoms with Crippen molar-refractivity contribution >= 4 is 0 Å². The van der Waals surface area contributed by atoms with Gasteiger partial charge in [0.1, 0.15) is 5.60 Å². The fourth-order valence-electron chi connectivity index (χ4n) is 2.06. The van der Waals surface area contributed by atoms with Crippen LogP contribution in [0.2, 0.25) is 0 Å². The third-order valence-corrected chi connectivity index (χ3v) is 3.58. The zero-order chi connectivity index (χ0) is 13.4. The van der Waals surface area contributed by atoms with Gasteiger partial charge in [-0.3, -0.25) is 0 Å². The predicted molar refractivity (Wildman–Crippen MR) is 67.8 cm³/mol. The van der Waals surface area contributed by atoms with Crippen LogP contribution in [0.4, 0.5) is 0 Å². The van der Waals surface area contributed by atoms with Crippen molar-refractivity contribution in [2.45, 2.75) is 58.6 Å². The van der Waals surface area contributed by atoms with Crippen molar-refractivity contribution in [1.29, 1.82) is 0 Å². The number of aromatic nitrogens is 2. The van der Waals surface area contributed by atoms with E-state index < -0.39 is 5.60 Å². The molecule has 5 nitrogen and oxygen atoms in total. The Morgan fingerprint density at radius 2 is 2.06 bits per heavy atom. The second kappa shape index (κ2) is 4.63. The molecule has 0 bridgehead atoms. The van der Waals surface area contributed by atoms with Crippen molar-refractivity contribution in [3.8, 4) is 0 Å². The van der Waals surface area contributed by atoms with E-state index in [2.05, 4.69) is 30.9 Å². The molecular weight excluding hydrogens is 230 g/mol. The van der Waals surface area contributed by atoms with Gasteiger partial charge in [0.25, 0.3) is 0 Å². The average Bonchev–Trinajstić information content (AvgIpc) is 2.77. The summed E-state index contributed by atoms with van der Waals surface area (Å²) < 4.78 is 11.1. The number of nitrogens with zero attached hydrogens (tertiary/aromatic N) is 2. The van der Waals surface area contributed by atoms with E-state index in [1.807, 2.05) is 6.92 Å². The van der Waals surface area contributed by atoms with Gasteiger partial charge in [0.15, 0.2) is 0 Å². The van der Waals surface area contributed by atoms with E-state index in [9.17, 15) is 0 Å². The molecule has 1 saturated heterocycles. The van der Waals surface area contributed by atoms with Crippen LogP contribution in [0.1, 0.15) is 64.7 Å². The minimum Gasteiger partial charge on any atom is -0.367 e. The van der Waals surface area contributed by atoms with Gasteiger partial charge in [0, 0.05) is 6.61 Å². The standard InChI is InChI=1S/C13H23N3O2/c1-12(2,3)9(14)10-15-11(16-18-10)13(4)7-5-6-8-17-13/h9H,5-8,14H2,1-4H3/t9-,13?/m0/s1. The Balaban J connectivity index is 2.20. The molecule has 1 aromatic heterocycles. The second-order valence-corrected chi connectivity index (χ2v) is 6.34. The summed E-state index contributed by atoms with van der Waals surface area (Å²) in [7, 11) is 0. The Labute approximate surface area is 108 Å². The molecule has 102 valence electrons. The first-order valence-corrected chi connectivity index (χ1v) is 6.56. The maximum atomic E-state index is 6.12. The molecule has 1 aliphatic heterocycles. The van der Waals surface area contributed by atoms with Gasteiger partial charge in [-0.1, -0.05) is 25.9 Å². The Morgan fingerprint density at radius 1 is 1.33 bits per heavy atom. The minimum atomic E-state index is -0.419. The van der Waals surface area contributed by atoms with Gasteiger partial charge in [0.2, 0.25) is 11.7 Å². The lowest BCUT2D eigenvalue weighted by atomic mass is 9.87. The first-order chi connectivity index (χ1) is 8.33. The van der Waals surface area contributed by atoms with Crippen molar-refractivity contribution in [3.63, 3.8) is 0 Å². The largest absolute Gasteiger partial charge is 0.367 e. The van der Waals surface area contributed by atoms with E-state index in [0.29, 0.717) is 11.7 Å². The van der Waals surface area contributed by atoms with Gasteiger partial charge in [-0.25, -0.2) is 0 Å². The van der Waals surface area contributed by atoms with Crippen molar-refractivity contribution in [3.05, 3.63) is 11.7 Å². The molecule has 0 aromatic carbocycles. The summed E-state index contributed by atoms with van der Waals surface area (Å²) in [5, 5.41) is 4.06. The monoisotopic (exact) mass is 253 g/mol.